The monoisotopic (exact) mass is 324 g/mol. The van der Waals surface area contributed by atoms with Crippen molar-refractivity contribution in [3.8, 4) is 11.3 Å². The molecule has 0 radical (unpaired) electrons. The largest absolute Gasteiger partial charge is 0.384 e. The summed E-state index contributed by atoms with van der Waals surface area (Å²) in [5, 5.41) is 15.2. The number of hydrogen-bond acceptors (Lipinski definition) is 4. The Kier molecular flexibility index (Phi) is 3.57. The lowest BCUT2D eigenvalue weighted by Crippen LogP contribution is -1.98. The van der Waals surface area contributed by atoms with Crippen LogP contribution in [-0.2, 0) is 13.5 Å². The summed E-state index contributed by atoms with van der Waals surface area (Å²) < 4.78 is 2.23. The first-order chi connectivity index (χ1) is 8.93. The first-order valence-corrected chi connectivity index (χ1v) is 6.50. The van der Waals surface area contributed by atoms with Gasteiger partial charge >= 0.3 is 0 Å². The molecule has 19 heavy (non-hydrogen) atoms. The van der Waals surface area contributed by atoms with Gasteiger partial charge in [0.1, 0.15) is 5.82 Å². The molecule has 2 rings (SSSR count). The molecule has 0 saturated heterocycles. The number of nitrogen functional groups attached to an aromatic ring is 1. The van der Waals surface area contributed by atoms with Crippen LogP contribution in [0.1, 0.15) is 12.5 Å². The number of hydrogen-bond donors (Lipinski definition) is 1. The van der Waals surface area contributed by atoms with Gasteiger partial charge in [-0.1, -0.05) is 22.9 Å². The predicted octanol–water partition coefficient (Wildman–Crippen LogP) is 2.90. The van der Waals surface area contributed by atoms with Gasteiger partial charge in [0.05, 0.1) is 10.6 Å². The lowest BCUT2D eigenvalue weighted by molar-refractivity contribution is -0.384. The maximum Gasteiger partial charge on any atom is 0.271 e. The summed E-state index contributed by atoms with van der Waals surface area (Å²) >= 11 is 3.28. The number of benzene rings is 1. The lowest BCUT2D eigenvalue weighted by atomic mass is 10.1. The molecular weight excluding hydrogens is 312 g/mol. The predicted molar refractivity (Wildman–Crippen MR) is 76.8 cm³/mol. The summed E-state index contributed by atoms with van der Waals surface area (Å²) in [6.45, 7) is 1.98. The molecule has 6 nitrogen and oxygen atoms in total. The van der Waals surface area contributed by atoms with E-state index in [4.69, 9.17) is 5.73 Å². The van der Waals surface area contributed by atoms with Crippen LogP contribution < -0.4 is 5.73 Å². The topological polar surface area (TPSA) is 87.0 Å². The van der Waals surface area contributed by atoms with Crippen molar-refractivity contribution < 1.29 is 4.92 Å². The maximum absolute atomic E-state index is 10.9. The average Bonchev–Trinajstić information content (AvgIpc) is 2.64. The third kappa shape index (κ3) is 2.46. The van der Waals surface area contributed by atoms with Crippen LogP contribution in [0.15, 0.2) is 22.7 Å². The van der Waals surface area contributed by atoms with E-state index in [0.29, 0.717) is 21.5 Å². The van der Waals surface area contributed by atoms with Crippen LogP contribution in [0.3, 0.4) is 0 Å². The van der Waals surface area contributed by atoms with Crippen LogP contribution in [0.2, 0.25) is 0 Å². The molecule has 0 aliphatic rings. The molecule has 0 aliphatic heterocycles. The van der Waals surface area contributed by atoms with Crippen LogP contribution in [0, 0.1) is 10.1 Å². The second-order valence-corrected chi connectivity index (χ2v) is 5.06. The van der Waals surface area contributed by atoms with Gasteiger partial charge in [0.25, 0.3) is 5.69 Å². The van der Waals surface area contributed by atoms with E-state index in [-0.39, 0.29) is 5.69 Å². The molecule has 1 heterocycles. The van der Waals surface area contributed by atoms with Crippen LogP contribution in [-0.4, -0.2) is 14.7 Å². The summed E-state index contributed by atoms with van der Waals surface area (Å²) in [5.41, 5.74) is 8.24. The van der Waals surface area contributed by atoms with Crippen molar-refractivity contribution in [2.24, 2.45) is 7.05 Å². The Morgan fingerprint density at radius 2 is 2.16 bits per heavy atom. The molecule has 2 N–H and O–H groups in total. The Morgan fingerprint density at radius 3 is 2.74 bits per heavy atom. The van der Waals surface area contributed by atoms with Crippen molar-refractivity contribution in [3.05, 3.63) is 38.3 Å². The smallest absolute Gasteiger partial charge is 0.271 e. The number of nitrogens with zero attached hydrogens (tertiary/aromatic N) is 3. The molecule has 100 valence electrons. The minimum Gasteiger partial charge on any atom is -0.384 e. The van der Waals surface area contributed by atoms with Gasteiger partial charge in [-0.3, -0.25) is 14.8 Å². The Morgan fingerprint density at radius 1 is 1.47 bits per heavy atom. The Bertz CT molecular complexity index is 651. The van der Waals surface area contributed by atoms with Crippen molar-refractivity contribution in [3.63, 3.8) is 0 Å². The van der Waals surface area contributed by atoms with Crippen molar-refractivity contribution in [1.29, 1.82) is 0 Å². The van der Waals surface area contributed by atoms with Crippen molar-refractivity contribution in [1.82, 2.24) is 9.78 Å². The zero-order chi connectivity index (χ0) is 14.2. The zero-order valence-corrected chi connectivity index (χ0v) is 12.1. The van der Waals surface area contributed by atoms with Crippen molar-refractivity contribution in [2.45, 2.75) is 13.3 Å². The molecule has 1 aromatic heterocycles. The lowest BCUT2D eigenvalue weighted by Gasteiger charge is -2.02. The van der Waals surface area contributed by atoms with E-state index in [1.165, 1.54) is 12.1 Å². The third-order valence-corrected chi connectivity index (χ3v) is 3.37. The first-order valence-electron chi connectivity index (χ1n) is 5.70. The number of nitro benzene ring substituents is 1. The number of halogens is 1. The van der Waals surface area contributed by atoms with Crippen LogP contribution in [0.25, 0.3) is 11.3 Å². The fraction of sp³-hybridized carbons (Fsp3) is 0.250. The molecule has 0 saturated carbocycles. The molecule has 0 bridgehead atoms. The molecule has 7 heteroatoms. The molecular formula is C12H13BrN4O2. The highest BCUT2D eigenvalue weighted by atomic mass is 79.9. The van der Waals surface area contributed by atoms with Gasteiger partial charge in [-0.15, -0.1) is 0 Å². The van der Waals surface area contributed by atoms with E-state index >= 15 is 0 Å². The van der Waals surface area contributed by atoms with E-state index in [1.54, 1.807) is 17.8 Å². The van der Waals surface area contributed by atoms with E-state index in [9.17, 15) is 10.1 Å². The van der Waals surface area contributed by atoms with E-state index < -0.39 is 4.92 Å². The highest BCUT2D eigenvalue weighted by Crippen LogP contribution is 2.32. The van der Waals surface area contributed by atoms with Crippen LogP contribution in [0.5, 0.6) is 0 Å². The van der Waals surface area contributed by atoms with Crippen molar-refractivity contribution >= 4 is 27.4 Å². The molecule has 0 aliphatic carbocycles. The molecule has 0 atom stereocenters. The third-order valence-electron chi connectivity index (χ3n) is 2.91. The average molecular weight is 325 g/mol. The SMILES string of the molecule is CCc1c(-c2cc(Br)cc([N+](=O)[O-])c2)nn(C)c1N. The molecule has 0 fully saturated rings. The minimum atomic E-state index is -0.424. The van der Waals surface area contributed by atoms with Crippen LogP contribution in [0.4, 0.5) is 11.5 Å². The van der Waals surface area contributed by atoms with Gasteiger partial charge in [-0.05, 0) is 12.5 Å². The van der Waals surface area contributed by atoms with E-state index in [2.05, 4.69) is 21.0 Å². The van der Waals surface area contributed by atoms with Crippen LogP contribution >= 0.6 is 15.9 Å². The van der Waals surface area contributed by atoms with Gasteiger partial charge in [0.2, 0.25) is 0 Å². The standard InChI is InChI=1S/C12H13BrN4O2/c1-3-10-11(15-16(2)12(10)14)7-4-8(13)6-9(5-7)17(18)19/h4-6H,3,14H2,1-2H3. The molecule has 0 spiro atoms. The summed E-state index contributed by atoms with van der Waals surface area (Å²) in [6, 6.07) is 4.76. The zero-order valence-electron chi connectivity index (χ0n) is 10.6. The summed E-state index contributed by atoms with van der Waals surface area (Å²) in [4.78, 5) is 10.5. The number of rotatable bonds is 3. The number of nitro groups is 1. The highest BCUT2D eigenvalue weighted by Gasteiger charge is 2.17. The Hall–Kier alpha value is -1.89. The van der Waals surface area contributed by atoms with E-state index in [0.717, 1.165) is 12.0 Å². The summed E-state index contributed by atoms with van der Waals surface area (Å²) in [7, 11) is 1.75. The molecule has 0 amide bonds. The second-order valence-electron chi connectivity index (χ2n) is 4.14. The highest BCUT2D eigenvalue weighted by molar-refractivity contribution is 9.10. The van der Waals surface area contributed by atoms with E-state index in [1.807, 2.05) is 6.92 Å². The number of non-ortho nitro benzene ring substituents is 1. The van der Waals surface area contributed by atoms with Crippen molar-refractivity contribution in [2.75, 3.05) is 5.73 Å². The second kappa shape index (κ2) is 5.00. The molecule has 2 aromatic rings. The maximum atomic E-state index is 10.9. The first kappa shape index (κ1) is 13.5. The molecule has 1 aromatic carbocycles. The van der Waals surface area contributed by atoms with Gasteiger partial charge in [-0.2, -0.15) is 5.10 Å². The number of anilines is 1. The number of aromatic nitrogens is 2. The van der Waals surface area contributed by atoms with Gasteiger partial charge < -0.3 is 5.73 Å². The normalized spacial score (nSPS) is 10.7. The minimum absolute atomic E-state index is 0.0238. The number of aryl methyl sites for hydroxylation is 1. The quantitative estimate of drug-likeness (QED) is 0.694. The Balaban J connectivity index is 2.65. The fourth-order valence-corrected chi connectivity index (χ4v) is 2.46. The summed E-state index contributed by atoms with van der Waals surface area (Å²) in [5.74, 6) is 0.583. The molecule has 0 unspecified atom stereocenters. The van der Waals surface area contributed by atoms with Gasteiger partial charge in [0, 0.05) is 34.8 Å². The Labute approximate surface area is 118 Å². The number of nitrogens with two attached hydrogens (primary N) is 1. The summed E-state index contributed by atoms with van der Waals surface area (Å²) in [6.07, 6.45) is 0.718. The van der Waals surface area contributed by atoms with Gasteiger partial charge in [-0.25, -0.2) is 0 Å². The van der Waals surface area contributed by atoms with Gasteiger partial charge in [0.15, 0.2) is 0 Å². The fourth-order valence-electron chi connectivity index (χ4n) is 1.98.